The lowest BCUT2D eigenvalue weighted by Gasteiger charge is -2.05. The fourth-order valence-corrected chi connectivity index (χ4v) is 1.41. The molecule has 0 saturated carbocycles. The molecule has 1 rings (SSSR count). The SMILES string of the molecule is C=CCC(=O)c1ccccc1CCN. The molecule has 0 fully saturated rings. The summed E-state index contributed by atoms with van der Waals surface area (Å²) in [6, 6.07) is 7.59. The van der Waals surface area contributed by atoms with Crippen molar-refractivity contribution in [3.05, 3.63) is 48.0 Å². The summed E-state index contributed by atoms with van der Waals surface area (Å²) in [6.45, 7) is 4.12. The van der Waals surface area contributed by atoms with Crippen LogP contribution in [0.5, 0.6) is 0 Å². The molecule has 1 aromatic rings. The molecule has 2 N–H and O–H groups in total. The van der Waals surface area contributed by atoms with Crippen LogP contribution in [0.2, 0.25) is 0 Å². The van der Waals surface area contributed by atoms with Gasteiger partial charge >= 0.3 is 0 Å². The maximum Gasteiger partial charge on any atom is 0.166 e. The average molecular weight is 189 g/mol. The smallest absolute Gasteiger partial charge is 0.166 e. The van der Waals surface area contributed by atoms with Crippen molar-refractivity contribution in [2.75, 3.05) is 6.54 Å². The number of carbonyl (C=O) groups excluding carboxylic acids is 1. The number of hydrogen-bond acceptors (Lipinski definition) is 2. The molecule has 0 aliphatic heterocycles. The van der Waals surface area contributed by atoms with E-state index in [0.717, 1.165) is 17.5 Å². The van der Waals surface area contributed by atoms with Gasteiger partial charge in [0.1, 0.15) is 0 Å². The number of hydrogen-bond donors (Lipinski definition) is 1. The topological polar surface area (TPSA) is 43.1 Å². The minimum absolute atomic E-state index is 0.115. The quantitative estimate of drug-likeness (QED) is 0.568. The van der Waals surface area contributed by atoms with E-state index in [9.17, 15) is 4.79 Å². The first-order valence-electron chi connectivity index (χ1n) is 4.71. The molecule has 2 nitrogen and oxygen atoms in total. The van der Waals surface area contributed by atoms with Crippen LogP contribution < -0.4 is 5.73 Å². The van der Waals surface area contributed by atoms with Crippen molar-refractivity contribution in [2.24, 2.45) is 5.73 Å². The molecule has 74 valence electrons. The predicted octanol–water partition coefficient (Wildman–Crippen LogP) is 1.95. The van der Waals surface area contributed by atoms with Gasteiger partial charge in [-0.2, -0.15) is 0 Å². The highest BCUT2D eigenvalue weighted by atomic mass is 16.1. The van der Waals surface area contributed by atoms with Crippen molar-refractivity contribution < 1.29 is 4.79 Å². The number of Topliss-reactive ketones (excluding diaryl/α,β-unsaturated/α-hetero) is 1. The number of ketones is 1. The zero-order valence-electron chi connectivity index (χ0n) is 8.20. The highest BCUT2D eigenvalue weighted by Crippen LogP contribution is 2.11. The largest absolute Gasteiger partial charge is 0.330 e. The fraction of sp³-hybridized carbons (Fsp3) is 0.250. The molecule has 0 atom stereocenters. The molecule has 0 bridgehead atoms. The molecule has 2 heteroatoms. The molecule has 0 unspecified atom stereocenters. The van der Waals surface area contributed by atoms with E-state index in [1.165, 1.54) is 0 Å². The summed E-state index contributed by atoms with van der Waals surface area (Å²) in [5, 5.41) is 0. The molecule has 0 heterocycles. The normalized spacial score (nSPS) is 9.79. The van der Waals surface area contributed by atoms with Crippen molar-refractivity contribution in [1.29, 1.82) is 0 Å². The Hall–Kier alpha value is -1.41. The van der Waals surface area contributed by atoms with Gasteiger partial charge in [0.25, 0.3) is 0 Å². The van der Waals surface area contributed by atoms with Crippen LogP contribution in [0.4, 0.5) is 0 Å². The molecule has 0 amide bonds. The van der Waals surface area contributed by atoms with Gasteiger partial charge in [-0.25, -0.2) is 0 Å². The summed E-state index contributed by atoms with van der Waals surface area (Å²) in [5.41, 5.74) is 7.28. The Morgan fingerprint density at radius 1 is 1.43 bits per heavy atom. The van der Waals surface area contributed by atoms with Crippen molar-refractivity contribution in [3.8, 4) is 0 Å². The molecule has 14 heavy (non-hydrogen) atoms. The summed E-state index contributed by atoms with van der Waals surface area (Å²) in [5.74, 6) is 0.115. The van der Waals surface area contributed by atoms with Crippen LogP contribution >= 0.6 is 0 Å². The van der Waals surface area contributed by atoms with Crippen LogP contribution in [0.15, 0.2) is 36.9 Å². The van der Waals surface area contributed by atoms with Crippen LogP contribution in [0.1, 0.15) is 22.3 Å². The number of benzene rings is 1. The van der Waals surface area contributed by atoms with Crippen molar-refractivity contribution >= 4 is 5.78 Å². The number of rotatable bonds is 5. The van der Waals surface area contributed by atoms with Gasteiger partial charge in [0.2, 0.25) is 0 Å². The van der Waals surface area contributed by atoms with Crippen LogP contribution in [0.3, 0.4) is 0 Å². The molecule has 0 aliphatic carbocycles. The second-order valence-electron chi connectivity index (χ2n) is 3.11. The third kappa shape index (κ3) is 2.54. The van der Waals surface area contributed by atoms with Gasteiger partial charge in [-0.15, -0.1) is 6.58 Å². The minimum Gasteiger partial charge on any atom is -0.330 e. The van der Waals surface area contributed by atoms with Crippen LogP contribution in [-0.2, 0) is 6.42 Å². The van der Waals surface area contributed by atoms with E-state index < -0.39 is 0 Å². The molecule has 1 aromatic carbocycles. The summed E-state index contributed by atoms with van der Waals surface area (Å²) in [6.07, 6.45) is 2.77. The molecule has 0 radical (unpaired) electrons. The summed E-state index contributed by atoms with van der Waals surface area (Å²) in [7, 11) is 0. The van der Waals surface area contributed by atoms with E-state index in [0.29, 0.717) is 13.0 Å². The van der Waals surface area contributed by atoms with Gasteiger partial charge in [-0.05, 0) is 18.5 Å². The lowest BCUT2D eigenvalue weighted by molar-refractivity contribution is 0.0995. The average Bonchev–Trinajstić information content (AvgIpc) is 2.19. The molecular weight excluding hydrogens is 174 g/mol. The second-order valence-corrected chi connectivity index (χ2v) is 3.11. The number of carbonyl (C=O) groups is 1. The Bertz CT molecular complexity index is 331. The summed E-state index contributed by atoms with van der Waals surface area (Å²) < 4.78 is 0. The fourth-order valence-electron chi connectivity index (χ4n) is 1.41. The van der Waals surface area contributed by atoms with Crippen LogP contribution in [0.25, 0.3) is 0 Å². The Morgan fingerprint density at radius 2 is 2.14 bits per heavy atom. The first-order valence-corrected chi connectivity index (χ1v) is 4.71. The molecule has 0 aromatic heterocycles. The first kappa shape index (κ1) is 10.7. The van der Waals surface area contributed by atoms with Gasteiger partial charge in [-0.3, -0.25) is 4.79 Å². The van der Waals surface area contributed by atoms with Crippen molar-refractivity contribution in [1.82, 2.24) is 0 Å². The highest BCUT2D eigenvalue weighted by molar-refractivity contribution is 5.98. The second kappa shape index (κ2) is 5.35. The van der Waals surface area contributed by atoms with E-state index >= 15 is 0 Å². The molecular formula is C12H15NO. The summed E-state index contributed by atoms with van der Waals surface area (Å²) in [4.78, 5) is 11.6. The van der Waals surface area contributed by atoms with E-state index in [-0.39, 0.29) is 5.78 Å². The molecule has 0 aliphatic rings. The lowest BCUT2D eigenvalue weighted by Crippen LogP contribution is -2.08. The number of allylic oxidation sites excluding steroid dienone is 1. The molecule has 0 saturated heterocycles. The first-order chi connectivity index (χ1) is 6.79. The van der Waals surface area contributed by atoms with Crippen LogP contribution in [0, 0.1) is 0 Å². The Labute approximate surface area is 84.4 Å². The third-order valence-corrected chi connectivity index (χ3v) is 2.06. The van der Waals surface area contributed by atoms with Gasteiger partial charge in [0.15, 0.2) is 5.78 Å². The zero-order chi connectivity index (χ0) is 10.4. The van der Waals surface area contributed by atoms with Gasteiger partial charge < -0.3 is 5.73 Å². The van der Waals surface area contributed by atoms with Gasteiger partial charge in [0.05, 0.1) is 0 Å². The van der Waals surface area contributed by atoms with E-state index in [1.54, 1.807) is 6.08 Å². The Balaban J connectivity index is 2.93. The highest BCUT2D eigenvalue weighted by Gasteiger charge is 2.07. The maximum atomic E-state index is 11.6. The molecule has 0 spiro atoms. The Kier molecular flexibility index (Phi) is 4.08. The zero-order valence-corrected chi connectivity index (χ0v) is 8.20. The van der Waals surface area contributed by atoms with Crippen LogP contribution in [-0.4, -0.2) is 12.3 Å². The van der Waals surface area contributed by atoms with Crippen molar-refractivity contribution in [3.63, 3.8) is 0 Å². The van der Waals surface area contributed by atoms with Gasteiger partial charge in [-0.1, -0.05) is 30.3 Å². The minimum atomic E-state index is 0.115. The standard InChI is InChI=1S/C12H15NO/c1-2-5-12(14)11-7-4-3-6-10(11)8-9-13/h2-4,6-7H,1,5,8-9,13H2. The maximum absolute atomic E-state index is 11.6. The Morgan fingerprint density at radius 3 is 2.79 bits per heavy atom. The van der Waals surface area contributed by atoms with E-state index in [1.807, 2.05) is 24.3 Å². The predicted molar refractivity (Wildman–Crippen MR) is 58.3 cm³/mol. The number of nitrogens with two attached hydrogens (primary N) is 1. The van der Waals surface area contributed by atoms with E-state index in [4.69, 9.17) is 5.73 Å². The lowest BCUT2D eigenvalue weighted by atomic mass is 9.99. The van der Waals surface area contributed by atoms with E-state index in [2.05, 4.69) is 6.58 Å². The summed E-state index contributed by atoms with van der Waals surface area (Å²) >= 11 is 0. The monoisotopic (exact) mass is 189 g/mol. The van der Waals surface area contributed by atoms with Crippen molar-refractivity contribution in [2.45, 2.75) is 12.8 Å². The van der Waals surface area contributed by atoms with Gasteiger partial charge in [0, 0.05) is 12.0 Å². The third-order valence-electron chi connectivity index (χ3n) is 2.06.